The standard InChI is InChI=1S/C22H32N4O5S2/c1-33-11-9-16(20(28)26-18(13-32)22(30)31)24-21(29)17(12-14-6-3-2-4-7-14)25-19(27)15-8-5-10-23-15/h2-4,6-7,15-18,23,32H,5,8-13H2,1H3,(H,24,29)(H,25,27)(H,26,28)(H,30,31). The zero-order valence-electron chi connectivity index (χ0n) is 18.6. The van der Waals surface area contributed by atoms with Crippen LogP contribution in [-0.4, -0.2) is 77.3 Å². The maximum absolute atomic E-state index is 13.2. The summed E-state index contributed by atoms with van der Waals surface area (Å²) in [4.78, 5) is 49.9. The van der Waals surface area contributed by atoms with Crippen molar-refractivity contribution in [1.82, 2.24) is 21.3 Å². The predicted molar refractivity (Wildman–Crippen MR) is 131 cm³/mol. The number of carboxylic acid groups (broad SMARTS) is 1. The third-order valence-corrected chi connectivity index (χ3v) is 6.34. The van der Waals surface area contributed by atoms with Gasteiger partial charge in [0, 0.05) is 12.2 Å². The number of nitrogens with one attached hydrogen (secondary N) is 4. The average molecular weight is 497 g/mol. The van der Waals surface area contributed by atoms with Gasteiger partial charge >= 0.3 is 5.97 Å². The molecule has 182 valence electrons. The number of amides is 3. The molecule has 0 aromatic heterocycles. The second kappa shape index (κ2) is 14.1. The van der Waals surface area contributed by atoms with Crippen LogP contribution in [0, 0.1) is 0 Å². The third kappa shape index (κ3) is 8.90. The Kier molecular flexibility index (Phi) is 11.6. The van der Waals surface area contributed by atoms with Gasteiger partial charge in [-0.05, 0) is 43.4 Å². The number of thioether (sulfide) groups is 1. The molecule has 3 amide bonds. The summed E-state index contributed by atoms with van der Waals surface area (Å²) in [5.74, 6) is -2.05. The van der Waals surface area contributed by atoms with Gasteiger partial charge in [0.25, 0.3) is 0 Å². The van der Waals surface area contributed by atoms with Gasteiger partial charge in [-0.15, -0.1) is 0 Å². The number of hydrogen-bond acceptors (Lipinski definition) is 7. The van der Waals surface area contributed by atoms with E-state index >= 15 is 0 Å². The fraction of sp³-hybridized carbons (Fsp3) is 0.545. The minimum absolute atomic E-state index is 0.0780. The first-order valence-electron chi connectivity index (χ1n) is 10.9. The van der Waals surface area contributed by atoms with Crippen molar-refractivity contribution in [2.24, 2.45) is 0 Å². The fourth-order valence-corrected chi connectivity index (χ4v) is 4.19. The zero-order chi connectivity index (χ0) is 24.2. The Bertz CT molecular complexity index is 805. The molecule has 2 rings (SSSR count). The van der Waals surface area contributed by atoms with E-state index in [2.05, 4.69) is 33.9 Å². The largest absolute Gasteiger partial charge is 0.480 e. The first-order chi connectivity index (χ1) is 15.8. The van der Waals surface area contributed by atoms with E-state index in [1.807, 2.05) is 36.6 Å². The molecule has 1 aliphatic rings. The van der Waals surface area contributed by atoms with Crippen LogP contribution < -0.4 is 21.3 Å². The van der Waals surface area contributed by atoms with Crippen LogP contribution in [0.15, 0.2) is 30.3 Å². The molecule has 0 saturated carbocycles. The Morgan fingerprint density at radius 3 is 2.33 bits per heavy atom. The van der Waals surface area contributed by atoms with Crippen LogP contribution in [0.4, 0.5) is 0 Å². The zero-order valence-corrected chi connectivity index (χ0v) is 20.3. The summed E-state index contributed by atoms with van der Waals surface area (Å²) >= 11 is 5.47. The molecule has 0 aliphatic carbocycles. The van der Waals surface area contributed by atoms with Gasteiger partial charge in [-0.3, -0.25) is 14.4 Å². The highest BCUT2D eigenvalue weighted by molar-refractivity contribution is 7.98. The highest BCUT2D eigenvalue weighted by Crippen LogP contribution is 2.09. The van der Waals surface area contributed by atoms with Gasteiger partial charge in [0.15, 0.2) is 0 Å². The van der Waals surface area contributed by atoms with E-state index in [-0.39, 0.29) is 24.1 Å². The lowest BCUT2D eigenvalue weighted by Gasteiger charge is -2.25. The summed E-state index contributed by atoms with van der Waals surface area (Å²) in [6.45, 7) is 0.750. The first kappa shape index (κ1) is 27.0. The Morgan fingerprint density at radius 1 is 1.09 bits per heavy atom. The van der Waals surface area contributed by atoms with Crippen molar-refractivity contribution >= 4 is 48.1 Å². The topological polar surface area (TPSA) is 137 Å². The number of thiol groups is 1. The van der Waals surface area contributed by atoms with Crippen molar-refractivity contribution in [2.45, 2.75) is 49.9 Å². The lowest BCUT2D eigenvalue weighted by atomic mass is 10.0. The summed E-state index contributed by atoms with van der Waals surface area (Å²) < 4.78 is 0. The molecular formula is C22H32N4O5S2. The van der Waals surface area contributed by atoms with Crippen LogP contribution in [-0.2, 0) is 25.6 Å². The van der Waals surface area contributed by atoms with Gasteiger partial charge in [0.05, 0.1) is 6.04 Å². The molecule has 1 saturated heterocycles. The van der Waals surface area contributed by atoms with Crippen LogP contribution in [0.25, 0.3) is 0 Å². The highest BCUT2D eigenvalue weighted by Gasteiger charge is 2.31. The molecule has 0 spiro atoms. The van der Waals surface area contributed by atoms with E-state index in [0.29, 0.717) is 18.6 Å². The molecule has 33 heavy (non-hydrogen) atoms. The van der Waals surface area contributed by atoms with Gasteiger partial charge in [0.1, 0.15) is 18.1 Å². The SMILES string of the molecule is CSCCC(NC(=O)C(Cc1ccccc1)NC(=O)C1CCCN1)C(=O)NC(CS)C(=O)O. The maximum atomic E-state index is 13.2. The number of carbonyl (C=O) groups excluding carboxylic acids is 3. The molecule has 11 heteroatoms. The lowest BCUT2D eigenvalue weighted by Crippen LogP contribution is -2.57. The van der Waals surface area contributed by atoms with Gasteiger partial charge in [-0.25, -0.2) is 4.79 Å². The number of carboxylic acids is 1. The Hall–Kier alpha value is -2.24. The molecule has 1 fully saturated rings. The van der Waals surface area contributed by atoms with Crippen LogP contribution in [0.1, 0.15) is 24.8 Å². The number of carbonyl (C=O) groups is 4. The van der Waals surface area contributed by atoms with E-state index in [9.17, 15) is 24.3 Å². The summed E-state index contributed by atoms with van der Waals surface area (Å²) in [5.41, 5.74) is 0.864. The van der Waals surface area contributed by atoms with Crippen LogP contribution in [0.2, 0.25) is 0 Å². The van der Waals surface area contributed by atoms with Gasteiger partial charge in [-0.1, -0.05) is 30.3 Å². The first-order valence-corrected chi connectivity index (χ1v) is 12.9. The number of hydrogen-bond donors (Lipinski definition) is 6. The number of benzene rings is 1. The molecule has 1 aromatic rings. The van der Waals surface area contributed by atoms with Crippen molar-refractivity contribution in [3.05, 3.63) is 35.9 Å². The van der Waals surface area contributed by atoms with Crippen molar-refractivity contribution in [3.63, 3.8) is 0 Å². The smallest absolute Gasteiger partial charge is 0.327 e. The summed E-state index contributed by atoms with van der Waals surface area (Å²) in [5, 5.41) is 20.3. The predicted octanol–water partition coefficient (Wildman–Crippen LogP) is 0.203. The second-order valence-corrected chi connectivity index (χ2v) is 9.18. The Balaban J connectivity index is 2.14. The molecule has 1 heterocycles. The normalized spacial score (nSPS) is 18.1. The monoisotopic (exact) mass is 496 g/mol. The highest BCUT2D eigenvalue weighted by atomic mass is 32.2. The summed E-state index contributed by atoms with van der Waals surface area (Å²) in [7, 11) is 0. The van der Waals surface area contributed by atoms with Gasteiger partial charge in [0.2, 0.25) is 17.7 Å². The third-order valence-electron chi connectivity index (χ3n) is 5.33. The fourth-order valence-electron chi connectivity index (χ4n) is 3.47. The van der Waals surface area contributed by atoms with E-state index < -0.39 is 35.9 Å². The Labute approximate surface area is 203 Å². The molecule has 1 aromatic carbocycles. The van der Waals surface area contributed by atoms with Crippen molar-refractivity contribution < 1.29 is 24.3 Å². The van der Waals surface area contributed by atoms with Gasteiger partial charge < -0.3 is 26.4 Å². The number of rotatable bonds is 13. The van der Waals surface area contributed by atoms with E-state index in [1.54, 1.807) is 0 Å². The van der Waals surface area contributed by atoms with Crippen molar-refractivity contribution in [1.29, 1.82) is 0 Å². The molecule has 0 bridgehead atoms. The minimum Gasteiger partial charge on any atom is -0.480 e. The molecular weight excluding hydrogens is 464 g/mol. The molecule has 1 aliphatic heterocycles. The average Bonchev–Trinajstić information content (AvgIpc) is 3.35. The van der Waals surface area contributed by atoms with Gasteiger partial charge in [-0.2, -0.15) is 24.4 Å². The summed E-state index contributed by atoms with van der Waals surface area (Å²) in [6, 6.07) is 5.96. The van der Waals surface area contributed by atoms with Crippen LogP contribution in [0.3, 0.4) is 0 Å². The van der Waals surface area contributed by atoms with E-state index in [1.165, 1.54) is 11.8 Å². The second-order valence-electron chi connectivity index (χ2n) is 7.82. The lowest BCUT2D eigenvalue weighted by molar-refractivity contribution is -0.141. The number of aliphatic carboxylic acids is 1. The van der Waals surface area contributed by atoms with Crippen LogP contribution >= 0.6 is 24.4 Å². The molecule has 0 radical (unpaired) electrons. The minimum atomic E-state index is -1.20. The van der Waals surface area contributed by atoms with Crippen molar-refractivity contribution in [2.75, 3.05) is 24.3 Å². The molecule has 4 atom stereocenters. The van der Waals surface area contributed by atoms with E-state index in [4.69, 9.17) is 0 Å². The molecule has 9 nitrogen and oxygen atoms in total. The molecule has 5 N–H and O–H groups in total. The quantitative estimate of drug-likeness (QED) is 0.215. The molecule has 4 unspecified atom stereocenters. The Morgan fingerprint density at radius 2 is 1.76 bits per heavy atom. The summed E-state index contributed by atoms with van der Waals surface area (Å²) in [6.07, 6.45) is 4.03. The van der Waals surface area contributed by atoms with Crippen molar-refractivity contribution in [3.8, 4) is 0 Å². The van der Waals surface area contributed by atoms with E-state index in [0.717, 1.165) is 18.5 Å². The van der Waals surface area contributed by atoms with Crippen LogP contribution in [0.5, 0.6) is 0 Å². The maximum Gasteiger partial charge on any atom is 0.327 e.